The van der Waals surface area contributed by atoms with Crippen LogP contribution in [0.15, 0.2) is 85.2 Å². The van der Waals surface area contributed by atoms with E-state index in [1.54, 1.807) is 11.0 Å². The van der Waals surface area contributed by atoms with Crippen molar-refractivity contribution in [2.45, 2.75) is 6.92 Å². The summed E-state index contributed by atoms with van der Waals surface area (Å²) in [5.74, 6) is -0.208. The fourth-order valence-electron chi connectivity index (χ4n) is 3.45. The Morgan fingerprint density at radius 3 is 2.45 bits per heavy atom. The first kappa shape index (κ1) is 17.1. The molecule has 5 heteroatoms. The topological polar surface area (TPSA) is 59.8 Å². The van der Waals surface area contributed by atoms with Gasteiger partial charge in [0, 0.05) is 10.9 Å². The molecule has 0 aliphatic heterocycles. The van der Waals surface area contributed by atoms with Gasteiger partial charge in [-0.25, -0.2) is 14.6 Å². The molecule has 1 amide bonds. The van der Waals surface area contributed by atoms with Crippen LogP contribution in [0.1, 0.15) is 15.9 Å². The van der Waals surface area contributed by atoms with E-state index in [0.29, 0.717) is 5.56 Å². The van der Waals surface area contributed by atoms with Crippen LogP contribution < -0.4 is 5.43 Å². The van der Waals surface area contributed by atoms with Gasteiger partial charge in [-0.05, 0) is 31.2 Å². The molecule has 0 radical (unpaired) electrons. The van der Waals surface area contributed by atoms with E-state index in [1.807, 2.05) is 85.8 Å². The van der Waals surface area contributed by atoms with Gasteiger partial charge in [-0.1, -0.05) is 60.2 Å². The lowest BCUT2D eigenvalue weighted by atomic mass is 10.0. The van der Waals surface area contributed by atoms with Gasteiger partial charge in [0.2, 0.25) is 0 Å². The smallest absolute Gasteiger partial charge is 0.267 e. The Bertz CT molecular complexity index is 1350. The van der Waals surface area contributed by atoms with Crippen LogP contribution in [-0.2, 0) is 0 Å². The molecule has 0 saturated heterocycles. The molecule has 140 valence electrons. The van der Waals surface area contributed by atoms with Gasteiger partial charge in [-0.2, -0.15) is 0 Å². The average Bonchev–Trinajstić information content (AvgIpc) is 3.16. The third-order valence-electron chi connectivity index (χ3n) is 4.98. The van der Waals surface area contributed by atoms with Crippen LogP contribution in [0.4, 0.5) is 0 Å². The fraction of sp³-hybridized carbons (Fsp3) is 0.0417. The van der Waals surface area contributed by atoms with Crippen LogP contribution in [0, 0.1) is 6.92 Å². The number of rotatable bonds is 3. The van der Waals surface area contributed by atoms with Gasteiger partial charge < -0.3 is 0 Å². The number of benzene rings is 3. The summed E-state index contributed by atoms with van der Waals surface area (Å²) >= 11 is 0. The Labute approximate surface area is 167 Å². The second-order valence-electron chi connectivity index (χ2n) is 6.98. The number of carbonyl (C=O) groups excluding carboxylic acids is 1. The summed E-state index contributed by atoms with van der Waals surface area (Å²) in [4.78, 5) is 22.3. The lowest BCUT2D eigenvalue weighted by Gasteiger charge is -2.12. The van der Waals surface area contributed by atoms with Crippen LogP contribution in [0.3, 0.4) is 0 Å². The highest BCUT2D eigenvalue weighted by atomic mass is 16.2. The largest absolute Gasteiger partial charge is 0.270 e. The van der Waals surface area contributed by atoms with Crippen molar-refractivity contribution in [1.29, 1.82) is 0 Å². The second kappa shape index (κ2) is 6.87. The lowest BCUT2D eigenvalue weighted by Crippen LogP contribution is -2.22. The highest BCUT2D eigenvalue weighted by molar-refractivity contribution is 6.11. The summed E-state index contributed by atoms with van der Waals surface area (Å²) in [6.45, 7) is 2.05. The summed E-state index contributed by atoms with van der Waals surface area (Å²) in [5, 5.41) is 0.810. The van der Waals surface area contributed by atoms with Gasteiger partial charge in [0.15, 0.2) is 0 Å². The molecule has 0 atom stereocenters. The van der Waals surface area contributed by atoms with Crippen LogP contribution in [0.5, 0.6) is 0 Å². The molecular formula is C24H18N4O. The number of carbonyl (C=O) groups is 1. The first-order chi connectivity index (χ1) is 14.2. The Morgan fingerprint density at radius 1 is 0.897 bits per heavy atom. The Morgan fingerprint density at radius 2 is 1.62 bits per heavy atom. The normalized spacial score (nSPS) is 11.1. The maximum Gasteiger partial charge on any atom is 0.270 e. The van der Waals surface area contributed by atoms with E-state index in [0.717, 1.165) is 33.2 Å². The molecule has 2 aromatic heterocycles. The second-order valence-corrected chi connectivity index (χ2v) is 6.98. The first-order valence-corrected chi connectivity index (χ1v) is 9.39. The molecular weight excluding hydrogens is 360 g/mol. The van der Waals surface area contributed by atoms with Gasteiger partial charge in [0.25, 0.3) is 5.91 Å². The number of aryl methyl sites for hydroxylation is 1. The van der Waals surface area contributed by atoms with Crippen molar-refractivity contribution in [3.63, 3.8) is 0 Å². The molecule has 3 aromatic carbocycles. The highest BCUT2D eigenvalue weighted by Gasteiger charge is 2.15. The number of amides is 1. The molecule has 1 N–H and O–H groups in total. The van der Waals surface area contributed by atoms with Gasteiger partial charge in [-0.3, -0.25) is 10.2 Å². The molecule has 5 aromatic rings. The predicted molar refractivity (Wildman–Crippen MR) is 115 cm³/mol. The lowest BCUT2D eigenvalue weighted by molar-refractivity contribution is 0.101. The molecule has 29 heavy (non-hydrogen) atoms. The standard InChI is InChI=1S/C24H18N4O/c1-16-10-12-17(13-11-16)22-14-19(18-6-2-3-7-20(18)26-22)24(29)27-28-15-25-21-8-4-5-9-23(21)28/h2-15H,1H3,(H,27,29). The van der Waals surface area contributed by atoms with Crippen molar-refractivity contribution in [3.8, 4) is 11.3 Å². The van der Waals surface area contributed by atoms with Crippen molar-refractivity contribution < 1.29 is 4.79 Å². The molecule has 5 nitrogen and oxygen atoms in total. The van der Waals surface area contributed by atoms with Crippen molar-refractivity contribution in [1.82, 2.24) is 14.6 Å². The summed E-state index contributed by atoms with van der Waals surface area (Å²) in [5.41, 5.74) is 8.90. The monoisotopic (exact) mass is 378 g/mol. The number of aromatic nitrogens is 3. The maximum absolute atomic E-state index is 13.2. The van der Waals surface area contributed by atoms with Crippen LogP contribution >= 0.6 is 0 Å². The fourth-order valence-corrected chi connectivity index (χ4v) is 3.45. The van der Waals surface area contributed by atoms with E-state index >= 15 is 0 Å². The zero-order valence-corrected chi connectivity index (χ0v) is 15.8. The van der Waals surface area contributed by atoms with E-state index in [2.05, 4.69) is 10.4 Å². The molecule has 0 aliphatic rings. The molecule has 5 rings (SSSR count). The van der Waals surface area contributed by atoms with E-state index in [9.17, 15) is 4.79 Å². The third-order valence-corrected chi connectivity index (χ3v) is 4.98. The minimum absolute atomic E-state index is 0.208. The number of nitrogens with one attached hydrogen (secondary N) is 1. The Hall–Kier alpha value is -3.99. The number of pyridine rings is 1. The highest BCUT2D eigenvalue weighted by Crippen LogP contribution is 2.25. The van der Waals surface area contributed by atoms with Crippen LogP contribution in [-0.4, -0.2) is 20.6 Å². The minimum atomic E-state index is -0.208. The molecule has 0 saturated carbocycles. The minimum Gasteiger partial charge on any atom is -0.267 e. The molecule has 0 spiro atoms. The van der Waals surface area contributed by atoms with Crippen LogP contribution in [0.25, 0.3) is 33.2 Å². The van der Waals surface area contributed by atoms with E-state index in [1.165, 1.54) is 5.56 Å². The van der Waals surface area contributed by atoms with Gasteiger partial charge >= 0.3 is 0 Å². The summed E-state index contributed by atoms with van der Waals surface area (Å²) < 4.78 is 1.65. The summed E-state index contributed by atoms with van der Waals surface area (Å²) in [6.07, 6.45) is 1.62. The van der Waals surface area contributed by atoms with Crippen molar-refractivity contribution in [2.75, 3.05) is 5.43 Å². The molecule has 0 aliphatic carbocycles. The van der Waals surface area contributed by atoms with E-state index < -0.39 is 0 Å². The number of para-hydroxylation sites is 3. The third kappa shape index (κ3) is 3.12. The van der Waals surface area contributed by atoms with Crippen molar-refractivity contribution >= 4 is 27.8 Å². The molecule has 0 bridgehead atoms. The zero-order chi connectivity index (χ0) is 19.8. The Kier molecular flexibility index (Phi) is 4.06. The van der Waals surface area contributed by atoms with Gasteiger partial charge in [0.1, 0.15) is 6.33 Å². The summed E-state index contributed by atoms with van der Waals surface area (Å²) in [6, 6.07) is 25.4. The quantitative estimate of drug-likeness (QED) is 0.483. The summed E-state index contributed by atoms with van der Waals surface area (Å²) in [7, 11) is 0. The van der Waals surface area contributed by atoms with E-state index in [-0.39, 0.29) is 5.91 Å². The van der Waals surface area contributed by atoms with Crippen LogP contribution in [0.2, 0.25) is 0 Å². The SMILES string of the molecule is Cc1ccc(-c2cc(C(=O)Nn3cnc4ccccc43)c3ccccc3n2)cc1. The number of nitrogens with zero attached hydrogens (tertiary/aromatic N) is 3. The average molecular weight is 378 g/mol. The maximum atomic E-state index is 13.2. The molecule has 2 heterocycles. The van der Waals surface area contributed by atoms with E-state index in [4.69, 9.17) is 4.98 Å². The number of hydrogen-bond acceptors (Lipinski definition) is 3. The number of imidazole rings is 1. The molecule has 0 fully saturated rings. The van der Waals surface area contributed by atoms with Gasteiger partial charge in [-0.15, -0.1) is 0 Å². The number of fused-ring (bicyclic) bond motifs is 2. The van der Waals surface area contributed by atoms with Crippen molar-refractivity contribution in [3.05, 3.63) is 96.3 Å². The Balaban J connectivity index is 1.61. The number of hydrogen-bond donors (Lipinski definition) is 1. The van der Waals surface area contributed by atoms with Crippen molar-refractivity contribution in [2.24, 2.45) is 0 Å². The first-order valence-electron chi connectivity index (χ1n) is 9.39. The molecule has 0 unspecified atom stereocenters. The predicted octanol–water partition coefficient (Wildman–Crippen LogP) is 4.94. The van der Waals surface area contributed by atoms with Gasteiger partial charge in [0.05, 0.1) is 27.8 Å². The zero-order valence-electron chi connectivity index (χ0n) is 15.8.